The molecule has 0 fully saturated rings. The summed E-state index contributed by atoms with van der Waals surface area (Å²) in [6.45, 7) is 5.77. The first-order valence-corrected chi connectivity index (χ1v) is 6.59. The van der Waals surface area contributed by atoms with E-state index in [1.54, 1.807) is 0 Å². The molecule has 0 spiro atoms. The second-order valence-corrected chi connectivity index (χ2v) is 4.98. The minimum atomic E-state index is -0.542. The zero-order valence-electron chi connectivity index (χ0n) is 12.6. The monoisotopic (exact) mass is 296 g/mol. The minimum absolute atomic E-state index is 0.0486. The summed E-state index contributed by atoms with van der Waals surface area (Å²) >= 11 is 0. The van der Waals surface area contributed by atoms with E-state index in [0.717, 1.165) is 0 Å². The van der Waals surface area contributed by atoms with Gasteiger partial charge in [0.1, 0.15) is 5.75 Å². The van der Waals surface area contributed by atoms with Crippen molar-refractivity contribution in [3.05, 3.63) is 28.3 Å². The molecule has 0 radical (unpaired) electrons. The summed E-state index contributed by atoms with van der Waals surface area (Å²) in [5, 5.41) is 13.6. The van der Waals surface area contributed by atoms with Gasteiger partial charge in [0.05, 0.1) is 12.0 Å². The van der Waals surface area contributed by atoms with Crippen LogP contribution in [-0.2, 0) is 4.79 Å². The van der Waals surface area contributed by atoms with Crippen molar-refractivity contribution in [3.63, 3.8) is 0 Å². The van der Waals surface area contributed by atoms with Crippen LogP contribution in [0.5, 0.6) is 11.5 Å². The van der Waals surface area contributed by atoms with Crippen LogP contribution in [0.15, 0.2) is 18.2 Å². The predicted molar refractivity (Wildman–Crippen MR) is 77.6 cm³/mol. The first-order chi connectivity index (χ1) is 9.85. The molecule has 1 N–H and O–H groups in total. The second-order valence-electron chi connectivity index (χ2n) is 4.98. The molecule has 1 aromatic rings. The first-order valence-electron chi connectivity index (χ1n) is 6.59. The highest BCUT2D eigenvalue weighted by atomic mass is 16.6. The summed E-state index contributed by atoms with van der Waals surface area (Å²) in [6, 6.07) is 4.15. The van der Waals surface area contributed by atoms with Gasteiger partial charge in [-0.05, 0) is 18.9 Å². The lowest BCUT2D eigenvalue weighted by atomic mass is 10.1. The highest BCUT2D eigenvalue weighted by Crippen LogP contribution is 2.30. The number of hydrogen-bond acceptors (Lipinski definition) is 5. The molecule has 0 aliphatic heterocycles. The van der Waals surface area contributed by atoms with Crippen molar-refractivity contribution in [1.82, 2.24) is 5.32 Å². The van der Waals surface area contributed by atoms with Crippen LogP contribution in [0.1, 0.15) is 20.8 Å². The zero-order chi connectivity index (χ0) is 16.0. The van der Waals surface area contributed by atoms with E-state index in [4.69, 9.17) is 9.47 Å². The molecular formula is C14H20N2O5. The number of nitrogens with zero attached hydrogens (tertiary/aromatic N) is 1. The highest BCUT2D eigenvalue weighted by molar-refractivity contribution is 5.77. The smallest absolute Gasteiger partial charge is 0.311 e. The predicted octanol–water partition coefficient (Wildman–Crippen LogP) is 2.14. The summed E-state index contributed by atoms with van der Waals surface area (Å²) in [5.74, 6) is 0.514. The van der Waals surface area contributed by atoms with Gasteiger partial charge >= 0.3 is 5.69 Å². The van der Waals surface area contributed by atoms with E-state index in [9.17, 15) is 14.9 Å². The van der Waals surface area contributed by atoms with E-state index in [0.29, 0.717) is 11.7 Å². The normalized spacial score (nSPS) is 11.9. The molecule has 1 unspecified atom stereocenters. The fourth-order valence-electron chi connectivity index (χ4n) is 1.51. The Kier molecular flexibility index (Phi) is 5.95. The topological polar surface area (TPSA) is 90.7 Å². The van der Waals surface area contributed by atoms with Crippen LogP contribution in [0.2, 0.25) is 0 Å². The van der Waals surface area contributed by atoms with Crippen molar-refractivity contribution in [2.75, 3.05) is 13.7 Å². The van der Waals surface area contributed by atoms with E-state index in [1.807, 2.05) is 20.8 Å². The Morgan fingerprint density at radius 3 is 2.57 bits per heavy atom. The van der Waals surface area contributed by atoms with Gasteiger partial charge in [-0.15, -0.1) is 0 Å². The number of nitro groups is 1. The largest absolute Gasteiger partial charge is 0.490 e. The van der Waals surface area contributed by atoms with Crippen molar-refractivity contribution < 1.29 is 19.2 Å². The molecule has 0 heterocycles. The number of rotatable bonds is 7. The van der Waals surface area contributed by atoms with Crippen molar-refractivity contribution in [3.8, 4) is 11.5 Å². The van der Waals surface area contributed by atoms with E-state index in [2.05, 4.69) is 5.32 Å². The van der Waals surface area contributed by atoms with Crippen LogP contribution in [-0.4, -0.2) is 30.6 Å². The average molecular weight is 296 g/mol. The molecular weight excluding hydrogens is 276 g/mol. The van der Waals surface area contributed by atoms with Crippen molar-refractivity contribution >= 4 is 11.6 Å². The third-order valence-corrected chi connectivity index (χ3v) is 3.11. The molecule has 7 heteroatoms. The van der Waals surface area contributed by atoms with Crippen molar-refractivity contribution in [1.29, 1.82) is 0 Å². The van der Waals surface area contributed by atoms with E-state index in [1.165, 1.54) is 25.3 Å². The number of nitrogens with one attached hydrogen (secondary N) is 1. The van der Waals surface area contributed by atoms with Gasteiger partial charge in [0.15, 0.2) is 6.61 Å². The molecule has 0 aromatic heterocycles. The van der Waals surface area contributed by atoms with E-state index >= 15 is 0 Å². The van der Waals surface area contributed by atoms with Crippen LogP contribution >= 0.6 is 0 Å². The molecule has 0 bridgehead atoms. The molecule has 0 saturated carbocycles. The standard InChI is InChI=1S/C14H20N2O5/c1-9(2)10(3)15-14(17)8-21-11-5-6-12(16(18)19)13(7-11)20-4/h5-7,9-10H,8H2,1-4H3,(H,15,17). The maximum absolute atomic E-state index is 11.7. The Bertz CT molecular complexity index is 516. The molecule has 1 aromatic carbocycles. The Balaban J connectivity index is 2.64. The first kappa shape index (κ1) is 16.7. The van der Waals surface area contributed by atoms with Crippen LogP contribution in [0, 0.1) is 16.0 Å². The van der Waals surface area contributed by atoms with Crippen LogP contribution < -0.4 is 14.8 Å². The number of nitro benzene ring substituents is 1. The van der Waals surface area contributed by atoms with Crippen molar-refractivity contribution in [2.24, 2.45) is 5.92 Å². The van der Waals surface area contributed by atoms with Crippen LogP contribution in [0.4, 0.5) is 5.69 Å². The number of hydrogen-bond donors (Lipinski definition) is 1. The fraction of sp³-hybridized carbons (Fsp3) is 0.500. The maximum atomic E-state index is 11.7. The van der Waals surface area contributed by atoms with Gasteiger partial charge in [0, 0.05) is 18.2 Å². The summed E-state index contributed by atoms with van der Waals surface area (Å²) in [5.41, 5.74) is -0.150. The number of methoxy groups -OCH3 is 1. The molecule has 0 aliphatic carbocycles. The third-order valence-electron chi connectivity index (χ3n) is 3.11. The quantitative estimate of drug-likeness (QED) is 0.615. The summed E-state index contributed by atoms with van der Waals surface area (Å²) in [4.78, 5) is 21.9. The lowest BCUT2D eigenvalue weighted by Crippen LogP contribution is -2.38. The number of benzene rings is 1. The van der Waals surface area contributed by atoms with Crippen LogP contribution in [0.25, 0.3) is 0 Å². The molecule has 21 heavy (non-hydrogen) atoms. The van der Waals surface area contributed by atoms with Gasteiger partial charge < -0.3 is 14.8 Å². The molecule has 7 nitrogen and oxygen atoms in total. The summed E-state index contributed by atoms with van der Waals surface area (Å²) < 4.78 is 10.2. The zero-order valence-corrected chi connectivity index (χ0v) is 12.6. The lowest BCUT2D eigenvalue weighted by Gasteiger charge is -2.17. The highest BCUT2D eigenvalue weighted by Gasteiger charge is 2.16. The average Bonchev–Trinajstić information content (AvgIpc) is 2.44. The Labute approximate surface area is 123 Å². The lowest BCUT2D eigenvalue weighted by molar-refractivity contribution is -0.385. The van der Waals surface area contributed by atoms with Gasteiger partial charge in [0.2, 0.25) is 5.75 Å². The molecule has 116 valence electrons. The molecule has 1 rings (SSSR count). The molecule has 1 amide bonds. The van der Waals surface area contributed by atoms with Gasteiger partial charge in [-0.1, -0.05) is 13.8 Å². The second kappa shape index (κ2) is 7.47. The number of ether oxygens (including phenoxy) is 2. The third kappa shape index (κ3) is 4.94. The van der Waals surface area contributed by atoms with Gasteiger partial charge in [0.25, 0.3) is 5.91 Å². The fourth-order valence-corrected chi connectivity index (χ4v) is 1.51. The Morgan fingerprint density at radius 1 is 1.38 bits per heavy atom. The number of carbonyl (C=O) groups excluding carboxylic acids is 1. The number of carbonyl (C=O) groups is 1. The molecule has 1 atom stereocenters. The van der Waals surface area contributed by atoms with E-state index < -0.39 is 4.92 Å². The maximum Gasteiger partial charge on any atom is 0.311 e. The SMILES string of the molecule is COc1cc(OCC(=O)NC(C)C(C)C)ccc1[N+](=O)[O-]. The number of amides is 1. The minimum Gasteiger partial charge on any atom is -0.490 e. The van der Waals surface area contributed by atoms with Gasteiger partial charge in [-0.25, -0.2) is 0 Å². The van der Waals surface area contributed by atoms with Crippen LogP contribution in [0.3, 0.4) is 0 Å². The Hall–Kier alpha value is -2.31. The summed E-state index contributed by atoms with van der Waals surface area (Å²) in [6.07, 6.45) is 0. The van der Waals surface area contributed by atoms with Crippen molar-refractivity contribution in [2.45, 2.75) is 26.8 Å². The molecule has 0 aliphatic rings. The van der Waals surface area contributed by atoms with Gasteiger partial charge in [-0.3, -0.25) is 14.9 Å². The molecule has 0 saturated heterocycles. The summed E-state index contributed by atoms with van der Waals surface area (Å²) in [7, 11) is 1.34. The van der Waals surface area contributed by atoms with Gasteiger partial charge in [-0.2, -0.15) is 0 Å². The van der Waals surface area contributed by atoms with E-state index in [-0.39, 0.29) is 30.0 Å². The Morgan fingerprint density at radius 2 is 2.05 bits per heavy atom.